The van der Waals surface area contributed by atoms with Crippen molar-refractivity contribution in [2.24, 2.45) is 0 Å². The monoisotopic (exact) mass is 467 g/mol. The molecule has 1 N–H and O–H groups in total. The first-order valence-electron chi connectivity index (χ1n) is 12.6. The topological polar surface area (TPSA) is 51.5 Å². The van der Waals surface area contributed by atoms with Crippen LogP contribution in [0, 0.1) is 6.92 Å². The van der Waals surface area contributed by atoms with Gasteiger partial charge in [0.1, 0.15) is 11.3 Å². The van der Waals surface area contributed by atoms with Crippen LogP contribution < -0.4 is 10.1 Å². The lowest BCUT2D eigenvalue weighted by atomic mass is 9.94. The van der Waals surface area contributed by atoms with Gasteiger partial charge in [-0.3, -0.25) is 4.79 Å². The Morgan fingerprint density at radius 3 is 2.51 bits per heavy atom. The van der Waals surface area contributed by atoms with Gasteiger partial charge in [-0.2, -0.15) is 0 Å². The molecule has 1 fully saturated rings. The van der Waals surface area contributed by atoms with Crippen molar-refractivity contribution in [3.63, 3.8) is 0 Å². The van der Waals surface area contributed by atoms with Gasteiger partial charge in [0.05, 0.1) is 13.4 Å². The summed E-state index contributed by atoms with van der Waals surface area (Å²) in [5.41, 5.74) is 5.71. The number of benzene rings is 3. The van der Waals surface area contributed by atoms with Gasteiger partial charge in [0.25, 0.3) is 0 Å². The molecule has 1 heterocycles. The molecule has 0 saturated heterocycles. The van der Waals surface area contributed by atoms with E-state index in [-0.39, 0.29) is 11.9 Å². The highest BCUT2D eigenvalue weighted by Gasteiger charge is 2.20. The van der Waals surface area contributed by atoms with E-state index in [2.05, 4.69) is 53.8 Å². The van der Waals surface area contributed by atoms with Gasteiger partial charge in [-0.15, -0.1) is 0 Å². The van der Waals surface area contributed by atoms with Crippen molar-refractivity contribution in [1.29, 1.82) is 0 Å². The first-order chi connectivity index (χ1) is 17.1. The number of nitrogens with one attached hydrogen (secondary N) is 1. The molecule has 0 unspecified atom stereocenters. The van der Waals surface area contributed by atoms with Gasteiger partial charge >= 0.3 is 0 Å². The summed E-state index contributed by atoms with van der Waals surface area (Å²) in [5, 5.41) is 6.62. The molecule has 4 aromatic rings. The second-order valence-electron chi connectivity index (χ2n) is 9.66. The summed E-state index contributed by atoms with van der Waals surface area (Å²) in [5.74, 6) is 0.711. The van der Waals surface area contributed by atoms with E-state index in [1.165, 1.54) is 36.5 Å². The molecule has 5 rings (SSSR count). The zero-order valence-corrected chi connectivity index (χ0v) is 20.8. The van der Waals surface area contributed by atoms with Crippen LogP contribution in [0.2, 0.25) is 0 Å². The van der Waals surface area contributed by atoms with E-state index in [4.69, 9.17) is 9.15 Å². The number of rotatable bonds is 5. The lowest BCUT2D eigenvalue weighted by Crippen LogP contribution is -2.33. The third-order valence-corrected chi connectivity index (χ3v) is 7.30. The summed E-state index contributed by atoms with van der Waals surface area (Å²) >= 11 is 0. The van der Waals surface area contributed by atoms with Crippen LogP contribution in [0.1, 0.15) is 56.6 Å². The Balaban J connectivity index is 1.56. The molecule has 0 radical (unpaired) electrons. The summed E-state index contributed by atoms with van der Waals surface area (Å²) in [6.07, 6.45) is 10.6. The van der Waals surface area contributed by atoms with Crippen molar-refractivity contribution in [1.82, 2.24) is 5.32 Å². The quantitative estimate of drug-likeness (QED) is 0.240. The lowest BCUT2D eigenvalue weighted by Gasteiger charge is -2.16. The normalized spacial score (nSPS) is 15.3. The summed E-state index contributed by atoms with van der Waals surface area (Å²) < 4.78 is 11.9. The maximum Gasteiger partial charge on any atom is 0.244 e. The van der Waals surface area contributed by atoms with Crippen LogP contribution in [0.25, 0.3) is 38.4 Å². The molecule has 1 aliphatic carbocycles. The molecule has 180 valence electrons. The smallest absolute Gasteiger partial charge is 0.244 e. The number of allylic oxidation sites excluding steroid dienone is 1. The molecule has 4 nitrogen and oxygen atoms in total. The molecule has 0 bridgehead atoms. The highest BCUT2D eigenvalue weighted by atomic mass is 16.5. The van der Waals surface area contributed by atoms with E-state index in [9.17, 15) is 4.79 Å². The minimum atomic E-state index is -0.0318. The van der Waals surface area contributed by atoms with Gasteiger partial charge in [0.2, 0.25) is 5.91 Å². The standard InChI is InChI=1S/C31H33NO3/c1-20(17-29(33)32-23-13-6-4-5-7-14-23)26-18-27-28(19-35-31(27)21(2)30(26)34-3)25-16-10-12-22-11-8-9-15-24(22)25/h8-12,15-19,23H,4-7,13-14H2,1-3H3,(H,32,33)/b20-17+. The number of aryl methyl sites for hydroxylation is 1. The zero-order valence-electron chi connectivity index (χ0n) is 20.8. The predicted octanol–water partition coefficient (Wildman–Crippen LogP) is 7.81. The molecule has 1 aromatic heterocycles. The lowest BCUT2D eigenvalue weighted by molar-refractivity contribution is -0.117. The third-order valence-electron chi connectivity index (χ3n) is 7.30. The molecule has 35 heavy (non-hydrogen) atoms. The summed E-state index contributed by atoms with van der Waals surface area (Å²) in [4.78, 5) is 12.9. The van der Waals surface area contributed by atoms with Gasteiger partial charge in [-0.1, -0.05) is 68.1 Å². The number of carbonyl (C=O) groups is 1. The minimum absolute atomic E-state index is 0.0318. The Hall–Kier alpha value is -3.53. The van der Waals surface area contributed by atoms with E-state index >= 15 is 0 Å². The molecule has 1 amide bonds. The maximum absolute atomic E-state index is 12.9. The maximum atomic E-state index is 12.9. The Kier molecular flexibility index (Phi) is 6.63. The number of carbonyl (C=O) groups excluding carboxylic acids is 1. The average molecular weight is 468 g/mol. The second-order valence-corrected chi connectivity index (χ2v) is 9.66. The van der Waals surface area contributed by atoms with Crippen LogP contribution in [-0.2, 0) is 4.79 Å². The Morgan fingerprint density at radius 2 is 1.74 bits per heavy atom. The van der Waals surface area contributed by atoms with Gasteiger partial charge in [-0.25, -0.2) is 0 Å². The number of furan rings is 1. The highest BCUT2D eigenvalue weighted by molar-refractivity contribution is 6.07. The predicted molar refractivity (Wildman–Crippen MR) is 144 cm³/mol. The zero-order chi connectivity index (χ0) is 24.4. The summed E-state index contributed by atoms with van der Waals surface area (Å²) in [7, 11) is 1.67. The molecule has 1 saturated carbocycles. The molecule has 4 heteroatoms. The molecular formula is C31H33NO3. The molecular weight excluding hydrogens is 434 g/mol. The van der Waals surface area contributed by atoms with E-state index < -0.39 is 0 Å². The highest BCUT2D eigenvalue weighted by Crippen LogP contribution is 2.42. The number of hydrogen-bond donors (Lipinski definition) is 1. The van der Waals surface area contributed by atoms with E-state index in [0.29, 0.717) is 0 Å². The number of hydrogen-bond acceptors (Lipinski definition) is 3. The summed E-state index contributed by atoms with van der Waals surface area (Å²) in [6, 6.07) is 17.1. The Morgan fingerprint density at radius 1 is 1.00 bits per heavy atom. The number of amides is 1. The van der Waals surface area contributed by atoms with Crippen molar-refractivity contribution in [3.05, 3.63) is 72.0 Å². The van der Waals surface area contributed by atoms with Crippen LogP contribution in [0.3, 0.4) is 0 Å². The number of ether oxygens (including phenoxy) is 1. The fraction of sp³-hybridized carbons (Fsp3) is 0.323. The van der Waals surface area contributed by atoms with Crippen molar-refractivity contribution < 1.29 is 13.9 Å². The molecule has 3 aromatic carbocycles. The van der Waals surface area contributed by atoms with Crippen molar-refractivity contribution in [3.8, 4) is 16.9 Å². The Bertz CT molecular complexity index is 1400. The largest absolute Gasteiger partial charge is 0.496 e. The first kappa shape index (κ1) is 23.2. The number of methoxy groups -OCH3 is 1. The van der Waals surface area contributed by atoms with Gasteiger partial charge in [0, 0.05) is 34.2 Å². The summed E-state index contributed by atoms with van der Waals surface area (Å²) in [6.45, 7) is 3.99. The van der Waals surface area contributed by atoms with E-state index in [1.807, 2.05) is 20.1 Å². The van der Waals surface area contributed by atoms with Crippen LogP contribution >= 0.6 is 0 Å². The molecule has 0 aliphatic heterocycles. The second kappa shape index (κ2) is 9.99. The number of fused-ring (bicyclic) bond motifs is 2. The average Bonchev–Trinajstić information content (AvgIpc) is 3.12. The third kappa shape index (κ3) is 4.58. The van der Waals surface area contributed by atoms with Gasteiger partial charge in [-0.05, 0) is 54.7 Å². The van der Waals surface area contributed by atoms with Gasteiger partial charge < -0.3 is 14.5 Å². The molecule has 0 atom stereocenters. The van der Waals surface area contributed by atoms with E-state index in [1.54, 1.807) is 13.2 Å². The fourth-order valence-electron chi connectivity index (χ4n) is 5.48. The van der Waals surface area contributed by atoms with Crippen LogP contribution in [0.15, 0.2) is 65.3 Å². The SMILES string of the molecule is COc1c(/C(C)=C/C(=O)NC2CCCCCC2)cc2c(-c3cccc4ccccc34)coc2c1C. The van der Waals surface area contributed by atoms with Crippen molar-refractivity contribution in [2.75, 3.05) is 7.11 Å². The van der Waals surface area contributed by atoms with Crippen LogP contribution in [0.4, 0.5) is 0 Å². The van der Waals surface area contributed by atoms with E-state index in [0.717, 1.165) is 57.4 Å². The van der Waals surface area contributed by atoms with Crippen LogP contribution in [0.5, 0.6) is 5.75 Å². The fourth-order valence-corrected chi connectivity index (χ4v) is 5.48. The minimum Gasteiger partial charge on any atom is -0.496 e. The molecule has 0 spiro atoms. The van der Waals surface area contributed by atoms with Crippen molar-refractivity contribution in [2.45, 2.75) is 58.4 Å². The van der Waals surface area contributed by atoms with Gasteiger partial charge in [0.15, 0.2) is 0 Å². The first-order valence-corrected chi connectivity index (χ1v) is 12.6. The molecule has 1 aliphatic rings. The van der Waals surface area contributed by atoms with Crippen molar-refractivity contribution >= 4 is 33.2 Å². The Labute approximate surface area is 207 Å². The van der Waals surface area contributed by atoms with Crippen LogP contribution in [-0.4, -0.2) is 19.1 Å².